The van der Waals surface area contributed by atoms with Gasteiger partial charge in [-0.1, -0.05) is 23.2 Å². The first kappa shape index (κ1) is 21.4. The van der Waals surface area contributed by atoms with Crippen molar-refractivity contribution in [3.63, 3.8) is 0 Å². The van der Waals surface area contributed by atoms with Gasteiger partial charge in [0.1, 0.15) is 0 Å². The van der Waals surface area contributed by atoms with Crippen molar-refractivity contribution in [3.8, 4) is 11.5 Å². The first-order chi connectivity index (χ1) is 13.8. The van der Waals surface area contributed by atoms with E-state index in [4.69, 9.17) is 37.4 Å². The molecule has 0 aliphatic carbocycles. The maximum Gasteiger partial charge on any atom is 0.363 e. The third-order valence-electron chi connectivity index (χ3n) is 3.67. The van der Waals surface area contributed by atoms with E-state index in [0.717, 1.165) is 0 Å². The van der Waals surface area contributed by atoms with Gasteiger partial charge < -0.3 is 14.2 Å². The fourth-order valence-electron chi connectivity index (χ4n) is 2.50. The van der Waals surface area contributed by atoms with E-state index in [1.165, 1.54) is 13.0 Å². The number of nitrogens with zero attached hydrogens (tertiary/aromatic N) is 1. The van der Waals surface area contributed by atoms with Crippen LogP contribution in [0.3, 0.4) is 0 Å². The summed E-state index contributed by atoms with van der Waals surface area (Å²) in [5.41, 5.74) is 1.22. The van der Waals surface area contributed by atoms with E-state index >= 15 is 0 Å². The third-order valence-corrected chi connectivity index (χ3v) is 5.00. The number of cyclic esters (lactones) is 1. The van der Waals surface area contributed by atoms with Gasteiger partial charge in [0.2, 0.25) is 5.90 Å². The molecule has 1 aliphatic rings. The lowest BCUT2D eigenvalue weighted by Crippen LogP contribution is -2.06. The van der Waals surface area contributed by atoms with Gasteiger partial charge in [-0.25, -0.2) is 9.79 Å². The van der Waals surface area contributed by atoms with Gasteiger partial charge in [-0.15, -0.1) is 0 Å². The molecule has 0 aromatic heterocycles. The molecule has 9 heteroatoms. The molecule has 1 heterocycles. The fourth-order valence-corrected chi connectivity index (χ4v) is 3.34. The monoisotopic (exact) mass is 497 g/mol. The minimum atomic E-state index is -0.607. The Labute approximate surface area is 185 Å². The smallest absolute Gasteiger partial charge is 0.363 e. The number of hydrogen-bond acceptors (Lipinski definition) is 6. The van der Waals surface area contributed by atoms with E-state index in [1.807, 2.05) is 0 Å². The molecule has 2 aromatic carbocycles. The van der Waals surface area contributed by atoms with E-state index in [0.29, 0.717) is 38.0 Å². The van der Waals surface area contributed by atoms with Crippen LogP contribution in [0.15, 0.2) is 45.5 Å². The zero-order valence-corrected chi connectivity index (χ0v) is 18.4. The molecule has 0 fully saturated rings. The second-order valence-electron chi connectivity index (χ2n) is 5.82. The van der Waals surface area contributed by atoms with Crippen LogP contribution in [0.2, 0.25) is 10.0 Å². The van der Waals surface area contributed by atoms with Gasteiger partial charge >= 0.3 is 11.9 Å². The van der Waals surface area contributed by atoms with Crippen molar-refractivity contribution in [3.05, 3.63) is 61.7 Å². The van der Waals surface area contributed by atoms with Crippen molar-refractivity contribution in [1.29, 1.82) is 0 Å². The first-order valence-corrected chi connectivity index (χ1v) is 9.96. The van der Waals surface area contributed by atoms with E-state index in [-0.39, 0.29) is 17.3 Å². The Bertz CT molecular complexity index is 1070. The number of aliphatic imine (C=N–C) groups is 1. The maximum absolute atomic E-state index is 12.2. The van der Waals surface area contributed by atoms with Gasteiger partial charge in [0.25, 0.3) is 0 Å². The summed E-state index contributed by atoms with van der Waals surface area (Å²) in [5, 5.41) is 0.712. The number of esters is 2. The van der Waals surface area contributed by atoms with Crippen LogP contribution >= 0.6 is 39.1 Å². The van der Waals surface area contributed by atoms with Crippen molar-refractivity contribution in [2.24, 2.45) is 4.99 Å². The maximum atomic E-state index is 12.2. The van der Waals surface area contributed by atoms with E-state index in [1.54, 1.807) is 37.3 Å². The molecule has 0 spiro atoms. The number of benzene rings is 2. The first-order valence-electron chi connectivity index (χ1n) is 8.41. The Kier molecular flexibility index (Phi) is 6.62. The predicted molar refractivity (Wildman–Crippen MR) is 114 cm³/mol. The van der Waals surface area contributed by atoms with Crippen molar-refractivity contribution in [2.45, 2.75) is 13.8 Å². The molecule has 0 bridgehead atoms. The molecule has 3 rings (SSSR count). The summed E-state index contributed by atoms with van der Waals surface area (Å²) in [6.07, 6.45) is 1.54. The van der Waals surface area contributed by atoms with Crippen LogP contribution in [0.25, 0.3) is 6.08 Å². The highest BCUT2D eigenvalue weighted by atomic mass is 79.9. The second kappa shape index (κ2) is 8.98. The molecule has 0 atom stereocenters. The van der Waals surface area contributed by atoms with Gasteiger partial charge in [-0.05, 0) is 64.8 Å². The summed E-state index contributed by atoms with van der Waals surface area (Å²) in [6.45, 7) is 3.47. The lowest BCUT2D eigenvalue weighted by atomic mass is 10.1. The zero-order chi connectivity index (χ0) is 21.1. The summed E-state index contributed by atoms with van der Waals surface area (Å²) in [6, 6.07) is 8.13. The Morgan fingerprint density at radius 1 is 1.24 bits per heavy atom. The number of ether oxygens (including phenoxy) is 3. The summed E-state index contributed by atoms with van der Waals surface area (Å²) < 4.78 is 16.5. The highest BCUT2D eigenvalue weighted by molar-refractivity contribution is 9.10. The van der Waals surface area contributed by atoms with Gasteiger partial charge in [0.15, 0.2) is 17.2 Å². The fraction of sp³-hybridized carbons (Fsp3) is 0.150. The van der Waals surface area contributed by atoms with E-state index in [2.05, 4.69) is 20.9 Å². The topological polar surface area (TPSA) is 74.2 Å². The Morgan fingerprint density at radius 3 is 2.66 bits per heavy atom. The SMILES string of the molecule is CCOc1cc(/C=C2\N=C(c3ccc(Cl)c(Cl)c3)OC2=O)cc(Br)c1OC(C)=O. The molecule has 150 valence electrons. The van der Waals surface area contributed by atoms with Crippen molar-refractivity contribution in [1.82, 2.24) is 0 Å². The van der Waals surface area contributed by atoms with Gasteiger partial charge in [0.05, 0.1) is 21.1 Å². The average molecular weight is 499 g/mol. The minimum Gasteiger partial charge on any atom is -0.490 e. The van der Waals surface area contributed by atoms with Crippen LogP contribution in [0.5, 0.6) is 11.5 Å². The number of carbonyl (C=O) groups is 2. The summed E-state index contributed by atoms with van der Waals surface area (Å²) >= 11 is 15.3. The zero-order valence-electron chi connectivity index (χ0n) is 15.3. The predicted octanol–water partition coefficient (Wildman–Crippen LogP) is 5.42. The molecular formula is C20H14BrCl2NO5. The number of rotatable bonds is 5. The molecule has 0 radical (unpaired) electrons. The van der Waals surface area contributed by atoms with Crippen LogP contribution in [-0.4, -0.2) is 24.4 Å². The standard InChI is InChI=1S/C20H14BrCl2NO5/c1-3-27-17-8-11(6-13(21)18(17)28-10(2)25)7-16-20(26)29-19(24-16)12-4-5-14(22)15(23)9-12/h4-9H,3H2,1-2H3/b16-7-. The summed E-state index contributed by atoms with van der Waals surface area (Å²) in [4.78, 5) is 27.8. The minimum absolute atomic E-state index is 0.0978. The molecule has 0 saturated heterocycles. The quantitative estimate of drug-likeness (QED) is 0.312. The lowest BCUT2D eigenvalue weighted by molar-refractivity contribution is -0.132. The highest BCUT2D eigenvalue weighted by Gasteiger charge is 2.25. The van der Waals surface area contributed by atoms with E-state index in [9.17, 15) is 9.59 Å². The van der Waals surface area contributed by atoms with Gasteiger partial charge in [-0.2, -0.15) is 0 Å². The molecule has 0 unspecified atom stereocenters. The van der Waals surface area contributed by atoms with Crippen molar-refractivity contribution in [2.75, 3.05) is 6.61 Å². The largest absolute Gasteiger partial charge is 0.490 e. The molecule has 6 nitrogen and oxygen atoms in total. The van der Waals surface area contributed by atoms with Crippen LogP contribution in [-0.2, 0) is 14.3 Å². The molecular weight excluding hydrogens is 485 g/mol. The second-order valence-corrected chi connectivity index (χ2v) is 7.49. The molecule has 0 saturated carbocycles. The Hall–Kier alpha value is -2.35. The van der Waals surface area contributed by atoms with Crippen molar-refractivity contribution >= 4 is 63.0 Å². The number of halogens is 3. The lowest BCUT2D eigenvalue weighted by Gasteiger charge is -2.12. The van der Waals surface area contributed by atoms with Crippen LogP contribution in [0, 0.1) is 0 Å². The average Bonchev–Trinajstić information content (AvgIpc) is 3.01. The summed E-state index contributed by atoms with van der Waals surface area (Å²) in [5.74, 6) is -0.350. The Balaban J connectivity index is 1.98. The van der Waals surface area contributed by atoms with E-state index < -0.39 is 11.9 Å². The molecule has 29 heavy (non-hydrogen) atoms. The van der Waals surface area contributed by atoms with Gasteiger partial charge in [-0.3, -0.25) is 4.79 Å². The number of carbonyl (C=O) groups excluding carboxylic acids is 2. The normalized spacial score (nSPS) is 14.6. The van der Waals surface area contributed by atoms with Crippen molar-refractivity contribution < 1.29 is 23.8 Å². The molecule has 0 amide bonds. The highest BCUT2D eigenvalue weighted by Crippen LogP contribution is 2.38. The molecule has 2 aromatic rings. The number of hydrogen-bond donors (Lipinski definition) is 0. The molecule has 1 aliphatic heterocycles. The molecule has 0 N–H and O–H groups in total. The third kappa shape index (κ3) is 4.98. The van der Waals surface area contributed by atoms with Gasteiger partial charge in [0, 0.05) is 12.5 Å². The Morgan fingerprint density at radius 2 is 2.00 bits per heavy atom. The van der Waals surface area contributed by atoms with Crippen LogP contribution < -0.4 is 9.47 Å². The van der Waals surface area contributed by atoms with Crippen LogP contribution in [0.1, 0.15) is 25.0 Å². The summed E-state index contributed by atoms with van der Waals surface area (Å²) in [7, 11) is 0. The van der Waals surface area contributed by atoms with Crippen LogP contribution in [0.4, 0.5) is 0 Å².